The van der Waals surface area contributed by atoms with E-state index in [0.717, 1.165) is 18.6 Å². The van der Waals surface area contributed by atoms with Gasteiger partial charge in [-0.25, -0.2) is 4.39 Å². The van der Waals surface area contributed by atoms with Crippen LogP contribution < -0.4 is 4.74 Å². The van der Waals surface area contributed by atoms with Crippen molar-refractivity contribution in [2.75, 3.05) is 14.2 Å². The van der Waals surface area contributed by atoms with Gasteiger partial charge in [0, 0.05) is 31.5 Å². The Hall–Kier alpha value is -3.02. The van der Waals surface area contributed by atoms with Crippen LogP contribution in [0.1, 0.15) is 34.7 Å². The maximum Gasteiger partial charge on any atom is 0.256 e. The standard InChI is InChI=1S/C21H20FN3O2/c1-25(15-8-14(9-15)13-4-3-5-16(10-13)27-2)21(26)17-11-19-20(12-18(17)22)24-7-6-23-19/h3-7,10-12,14-15H,8-9H2,1-2H3. The van der Waals surface area contributed by atoms with Crippen molar-refractivity contribution in [2.24, 2.45) is 0 Å². The molecule has 0 bridgehead atoms. The minimum absolute atomic E-state index is 0.0373. The van der Waals surface area contributed by atoms with E-state index in [1.165, 1.54) is 30.1 Å². The number of halogens is 1. The number of nitrogens with zero attached hydrogens (tertiary/aromatic N) is 3. The summed E-state index contributed by atoms with van der Waals surface area (Å²) in [6, 6.07) is 10.8. The van der Waals surface area contributed by atoms with E-state index in [2.05, 4.69) is 16.0 Å². The third kappa shape index (κ3) is 3.23. The van der Waals surface area contributed by atoms with Crippen molar-refractivity contribution in [1.29, 1.82) is 0 Å². The normalized spacial score (nSPS) is 18.8. The Balaban J connectivity index is 1.48. The lowest BCUT2D eigenvalue weighted by Gasteiger charge is -2.41. The highest BCUT2D eigenvalue weighted by Crippen LogP contribution is 2.40. The number of carbonyl (C=O) groups is 1. The lowest BCUT2D eigenvalue weighted by atomic mass is 9.75. The molecule has 1 fully saturated rings. The second kappa shape index (κ2) is 6.95. The first-order chi connectivity index (χ1) is 13.1. The molecule has 0 radical (unpaired) electrons. The fourth-order valence-corrected chi connectivity index (χ4v) is 3.58. The van der Waals surface area contributed by atoms with E-state index < -0.39 is 5.82 Å². The number of carbonyl (C=O) groups excluding carboxylic acids is 1. The highest BCUT2D eigenvalue weighted by molar-refractivity contribution is 5.97. The van der Waals surface area contributed by atoms with E-state index in [9.17, 15) is 9.18 Å². The van der Waals surface area contributed by atoms with Crippen LogP contribution in [0.4, 0.5) is 4.39 Å². The minimum atomic E-state index is -0.566. The Labute approximate surface area is 156 Å². The van der Waals surface area contributed by atoms with E-state index in [1.54, 1.807) is 19.1 Å². The predicted octanol–water partition coefficient (Wildman–Crippen LogP) is 3.80. The van der Waals surface area contributed by atoms with Crippen LogP contribution in [0.3, 0.4) is 0 Å². The number of methoxy groups -OCH3 is 1. The van der Waals surface area contributed by atoms with E-state index in [-0.39, 0.29) is 17.5 Å². The summed E-state index contributed by atoms with van der Waals surface area (Å²) in [7, 11) is 3.38. The number of rotatable bonds is 4. The maximum atomic E-state index is 14.4. The molecule has 138 valence electrons. The molecule has 1 heterocycles. The summed E-state index contributed by atoms with van der Waals surface area (Å²) >= 11 is 0. The van der Waals surface area contributed by atoms with Gasteiger partial charge in [0.2, 0.25) is 0 Å². The molecule has 4 rings (SSSR count). The zero-order chi connectivity index (χ0) is 19.0. The molecule has 27 heavy (non-hydrogen) atoms. The lowest BCUT2D eigenvalue weighted by molar-refractivity contribution is 0.0616. The van der Waals surface area contributed by atoms with Gasteiger partial charge in [-0.3, -0.25) is 14.8 Å². The van der Waals surface area contributed by atoms with Gasteiger partial charge in [0.25, 0.3) is 5.91 Å². The van der Waals surface area contributed by atoms with E-state index in [4.69, 9.17) is 4.74 Å². The second-order valence-electron chi connectivity index (χ2n) is 6.89. The largest absolute Gasteiger partial charge is 0.497 e. The molecule has 0 unspecified atom stereocenters. The first kappa shape index (κ1) is 17.4. The zero-order valence-corrected chi connectivity index (χ0v) is 15.2. The van der Waals surface area contributed by atoms with Crippen molar-refractivity contribution in [3.8, 4) is 5.75 Å². The van der Waals surface area contributed by atoms with Crippen LogP contribution in [0.2, 0.25) is 0 Å². The van der Waals surface area contributed by atoms with E-state index in [1.807, 2.05) is 18.2 Å². The Kier molecular flexibility index (Phi) is 4.48. The third-order valence-corrected chi connectivity index (χ3v) is 5.34. The Morgan fingerprint density at radius 2 is 1.85 bits per heavy atom. The Bertz CT molecular complexity index is 1000. The van der Waals surface area contributed by atoms with Crippen molar-refractivity contribution in [1.82, 2.24) is 14.9 Å². The highest BCUT2D eigenvalue weighted by Gasteiger charge is 2.36. The molecule has 0 aliphatic heterocycles. The summed E-state index contributed by atoms with van der Waals surface area (Å²) in [5.41, 5.74) is 2.20. The van der Waals surface area contributed by atoms with E-state index >= 15 is 0 Å². The van der Waals surface area contributed by atoms with Crippen molar-refractivity contribution in [2.45, 2.75) is 24.8 Å². The number of hydrogen-bond acceptors (Lipinski definition) is 4. The van der Waals surface area contributed by atoms with Crippen LogP contribution in [0.5, 0.6) is 5.75 Å². The summed E-state index contributed by atoms with van der Waals surface area (Å²) in [6.45, 7) is 0. The zero-order valence-electron chi connectivity index (χ0n) is 15.2. The van der Waals surface area contributed by atoms with Crippen molar-refractivity contribution in [3.05, 3.63) is 65.7 Å². The van der Waals surface area contributed by atoms with Gasteiger partial charge in [0.1, 0.15) is 11.6 Å². The molecule has 1 amide bonds. The molecule has 2 aromatic carbocycles. The summed E-state index contributed by atoms with van der Waals surface area (Å²) < 4.78 is 19.7. The molecule has 3 aromatic rings. The van der Waals surface area contributed by atoms with Crippen molar-refractivity contribution in [3.63, 3.8) is 0 Å². The number of hydrogen-bond donors (Lipinski definition) is 0. The Morgan fingerprint density at radius 3 is 2.56 bits per heavy atom. The SMILES string of the molecule is COc1cccc(C2CC(N(C)C(=O)c3cc4nccnc4cc3F)C2)c1. The Morgan fingerprint density at radius 1 is 1.15 bits per heavy atom. The molecule has 6 heteroatoms. The molecule has 1 aliphatic carbocycles. The quantitative estimate of drug-likeness (QED) is 0.706. The lowest BCUT2D eigenvalue weighted by Crippen LogP contribution is -2.45. The summed E-state index contributed by atoms with van der Waals surface area (Å²) in [5, 5.41) is 0. The molecular formula is C21H20FN3O2. The maximum absolute atomic E-state index is 14.4. The first-order valence-electron chi connectivity index (χ1n) is 8.88. The van der Waals surface area contributed by atoms with Crippen LogP contribution in [-0.4, -0.2) is 41.0 Å². The predicted molar refractivity (Wildman–Crippen MR) is 100 cm³/mol. The molecule has 0 atom stereocenters. The topological polar surface area (TPSA) is 55.3 Å². The number of benzene rings is 2. The monoisotopic (exact) mass is 365 g/mol. The van der Waals surface area contributed by atoms with Gasteiger partial charge in [0.15, 0.2) is 0 Å². The number of amides is 1. The number of aromatic nitrogens is 2. The van der Waals surface area contributed by atoms with Crippen molar-refractivity contribution < 1.29 is 13.9 Å². The average Bonchev–Trinajstić information content (AvgIpc) is 2.65. The van der Waals surface area contributed by atoms with Crippen LogP contribution in [0.25, 0.3) is 11.0 Å². The molecular weight excluding hydrogens is 345 g/mol. The molecule has 1 saturated carbocycles. The summed E-state index contributed by atoms with van der Waals surface area (Å²) in [6.07, 6.45) is 4.74. The molecule has 0 saturated heterocycles. The molecule has 5 nitrogen and oxygen atoms in total. The summed E-state index contributed by atoms with van der Waals surface area (Å²) in [4.78, 5) is 22.7. The van der Waals surface area contributed by atoms with Crippen LogP contribution in [-0.2, 0) is 0 Å². The molecule has 1 aliphatic rings. The van der Waals surface area contributed by atoms with Gasteiger partial charge in [-0.2, -0.15) is 0 Å². The fraction of sp³-hybridized carbons (Fsp3) is 0.286. The number of fused-ring (bicyclic) bond motifs is 1. The van der Waals surface area contributed by atoms with Gasteiger partial charge in [0.05, 0.1) is 23.7 Å². The summed E-state index contributed by atoms with van der Waals surface area (Å²) in [5.74, 6) is 0.324. The van der Waals surface area contributed by atoms with Crippen LogP contribution >= 0.6 is 0 Å². The third-order valence-electron chi connectivity index (χ3n) is 5.34. The molecule has 1 aromatic heterocycles. The van der Waals surface area contributed by atoms with Gasteiger partial charge < -0.3 is 9.64 Å². The first-order valence-corrected chi connectivity index (χ1v) is 8.88. The van der Waals surface area contributed by atoms with Crippen LogP contribution in [0.15, 0.2) is 48.8 Å². The van der Waals surface area contributed by atoms with Gasteiger partial charge >= 0.3 is 0 Å². The molecule has 0 N–H and O–H groups in total. The van der Waals surface area contributed by atoms with Crippen molar-refractivity contribution >= 4 is 16.9 Å². The minimum Gasteiger partial charge on any atom is -0.497 e. The van der Waals surface area contributed by atoms with E-state index in [0.29, 0.717) is 17.0 Å². The fourth-order valence-electron chi connectivity index (χ4n) is 3.58. The van der Waals surface area contributed by atoms with Gasteiger partial charge in [-0.1, -0.05) is 12.1 Å². The van der Waals surface area contributed by atoms with Crippen LogP contribution in [0, 0.1) is 5.82 Å². The highest BCUT2D eigenvalue weighted by atomic mass is 19.1. The average molecular weight is 365 g/mol. The van der Waals surface area contributed by atoms with Gasteiger partial charge in [-0.05, 0) is 42.5 Å². The number of ether oxygens (including phenoxy) is 1. The second-order valence-corrected chi connectivity index (χ2v) is 6.89. The molecule has 0 spiro atoms. The van der Waals surface area contributed by atoms with Gasteiger partial charge in [-0.15, -0.1) is 0 Å². The smallest absolute Gasteiger partial charge is 0.256 e.